The van der Waals surface area contributed by atoms with Gasteiger partial charge in [0, 0.05) is 4.88 Å². The SMILES string of the molecule is CCOC(=O)C1=C(C)N=c2s/c(=C\c3cc(Br)c(OCc4ccc(C(=O)OCC)cc4)c(OC)c3)c(=O)n2[C@H]1c1cccs1. The maximum absolute atomic E-state index is 13.8. The molecule has 0 bridgehead atoms. The summed E-state index contributed by atoms with van der Waals surface area (Å²) in [5.41, 5.74) is 2.65. The molecule has 0 radical (unpaired) electrons. The highest BCUT2D eigenvalue weighted by Crippen LogP contribution is 2.38. The van der Waals surface area contributed by atoms with Crippen LogP contribution in [0.25, 0.3) is 6.08 Å². The Balaban J connectivity index is 1.47. The number of hydrogen-bond acceptors (Lipinski definition) is 10. The van der Waals surface area contributed by atoms with Crippen LogP contribution >= 0.6 is 38.6 Å². The largest absolute Gasteiger partial charge is 0.493 e. The van der Waals surface area contributed by atoms with Gasteiger partial charge in [0.25, 0.3) is 5.56 Å². The zero-order valence-electron chi connectivity index (χ0n) is 24.4. The van der Waals surface area contributed by atoms with E-state index in [2.05, 4.69) is 20.9 Å². The van der Waals surface area contributed by atoms with Crippen LogP contribution in [0.5, 0.6) is 11.5 Å². The van der Waals surface area contributed by atoms with Gasteiger partial charge in [-0.1, -0.05) is 29.5 Å². The van der Waals surface area contributed by atoms with Gasteiger partial charge in [-0.05, 0) is 89.6 Å². The van der Waals surface area contributed by atoms with Crippen LogP contribution in [0.1, 0.15) is 53.2 Å². The number of aromatic nitrogens is 1. The van der Waals surface area contributed by atoms with Crippen molar-refractivity contribution in [3.05, 3.63) is 111 Å². The van der Waals surface area contributed by atoms with Gasteiger partial charge in [-0.15, -0.1) is 11.3 Å². The molecule has 0 saturated heterocycles. The summed E-state index contributed by atoms with van der Waals surface area (Å²) in [6.45, 7) is 6.04. The van der Waals surface area contributed by atoms with Crippen LogP contribution in [0, 0.1) is 0 Å². The van der Waals surface area contributed by atoms with Crippen LogP contribution in [0.15, 0.2) is 79.4 Å². The quantitative estimate of drug-likeness (QED) is 0.205. The lowest BCUT2D eigenvalue weighted by molar-refractivity contribution is -0.139. The molecule has 0 aliphatic carbocycles. The number of carbonyl (C=O) groups is 2. The van der Waals surface area contributed by atoms with Crippen LogP contribution in [-0.2, 0) is 20.9 Å². The van der Waals surface area contributed by atoms with Crippen molar-refractivity contribution in [2.75, 3.05) is 20.3 Å². The normalized spacial score (nSPS) is 14.6. The molecule has 1 aliphatic heterocycles. The van der Waals surface area contributed by atoms with Crippen molar-refractivity contribution >= 4 is 56.6 Å². The Hall–Kier alpha value is -4.00. The lowest BCUT2D eigenvalue weighted by atomic mass is 10.0. The number of thiophene rings is 1. The van der Waals surface area contributed by atoms with Crippen molar-refractivity contribution in [3.63, 3.8) is 0 Å². The van der Waals surface area contributed by atoms with Crippen LogP contribution < -0.4 is 24.4 Å². The summed E-state index contributed by atoms with van der Waals surface area (Å²) >= 11 is 6.31. The molecule has 4 aromatic rings. The first-order valence-corrected chi connectivity index (χ1v) is 16.2. The minimum Gasteiger partial charge on any atom is -0.493 e. The summed E-state index contributed by atoms with van der Waals surface area (Å²) in [7, 11) is 1.54. The van der Waals surface area contributed by atoms with E-state index in [0.29, 0.717) is 54.3 Å². The van der Waals surface area contributed by atoms with Crippen molar-refractivity contribution in [2.45, 2.75) is 33.4 Å². The third-order valence-electron chi connectivity index (χ3n) is 6.73. The van der Waals surface area contributed by atoms with Gasteiger partial charge < -0.3 is 18.9 Å². The average Bonchev–Trinajstić information content (AvgIpc) is 3.64. The number of methoxy groups -OCH3 is 1. The standard InChI is InChI=1S/C32H29BrN2O7S2/c1-5-40-30(37)21-11-9-19(10-12-21)17-42-28-22(33)14-20(15-23(28)39-4)16-25-29(36)35-27(24-8-7-13-43-24)26(31(38)41-6-2)18(3)34-32(35)44-25/h7-16,27H,5-6,17H2,1-4H3/b25-16-/t27-/m0/s1. The summed E-state index contributed by atoms with van der Waals surface area (Å²) in [6, 6.07) is 13.8. The number of thiazole rings is 1. The molecule has 0 amide bonds. The summed E-state index contributed by atoms with van der Waals surface area (Å²) in [5, 5.41) is 1.91. The van der Waals surface area contributed by atoms with E-state index in [-0.39, 0.29) is 24.7 Å². The third-order valence-corrected chi connectivity index (χ3v) is 9.22. The lowest BCUT2D eigenvalue weighted by Crippen LogP contribution is -2.39. The number of ether oxygens (including phenoxy) is 4. The number of hydrogen-bond donors (Lipinski definition) is 0. The summed E-state index contributed by atoms with van der Waals surface area (Å²) in [5.74, 6) is 0.107. The molecule has 0 fully saturated rings. The second-order valence-electron chi connectivity index (χ2n) is 9.56. The molecule has 0 unspecified atom stereocenters. The predicted octanol–water partition coefficient (Wildman–Crippen LogP) is 5.39. The zero-order valence-corrected chi connectivity index (χ0v) is 27.6. The van der Waals surface area contributed by atoms with Gasteiger partial charge in [-0.2, -0.15) is 0 Å². The minimum absolute atomic E-state index is 0.218. The molecule has 1 atom stereocenters. The first kappa shape index (κ1) is 31.4. The Morgan fingerprint density at radius 1 is 1.07 bits per heavy atom. The highest BCUT2D eigenvalue weighted by molar-refractivity contribution is 9.10. The monoisotopic (exact) mass is 696 g/mol. The van der Waals surface area contributed by atoms with Crippen LogP contribution in [0.3, 0.4) is 0 Å². The first-order chi connectivity index (χ1) is 21.2. The van der Waals surface area contributed by atoms with E-state index in [1.807, 2.05) is 23.6 Å². The van der Waals surface area contributed by atoms with Crippen LogP contribution in [0.2, 0.25) is 0 Å². The van der Waals surface area contributed by atoms with E-state index in [9.17, 15) is 14.4 Å². The molecule has 44 heavy (non-hydrogen) atoms. The highest BCUT2D eigenvalue weighted by Gasteiger charge is 2.33. The van der Waals surface area contributed by atoms with E-state index < -0.39 is 12.0 Å². The Bertz CT molecular complexity index is 1910. The fourth-order valence-electron chi connectivity index (χ4n) is 4.73. The van der Waals surface area contributed by atoms with Gasteiger partial charge in [0.1, 0.15) is 12.6 Å². The molecule has 0 spiro atoms. The number of fused-ring (bicyclic) bond motifs is 1. The number of halogens is 1. The molecule has 12 heteroatoms. The molecule has 9 nitrogen and oxygen atoms in total. The summed E-state index contributed by atoms with van der Waals surface area (Å²) in [4.78, 5) is 44.7. The maximum Gasteiger partial charge on any atom is 0.338 e. The Kier molecular flexibility index (Phi) is 9.82. The Morgan fingerprint density at radius 3 is 2.45 bits per heavy atom. The molecule has 3 heterocycles. The van der Waals surface area contributed by atoms with Crippen molar-refractivity contribution < 1.29 is 28.5 Å². The molecule has 2 aromatic carbocycles. The molecule has 5 rings (SSSR count). The van der Waals surface area contributed by atoms with Crippen molar-refractivity contribution in [2.24, 2.45) is 4.99 Å². The first-order valence-electron chi connectivity index (χ1n) is 13.7. The van der Waals surface area contributed by atoms with Gasteiger partial charge in [-0.3, -0.25) is 9.36 Å². The van der Waals surface area contributed by atoms with Gasteiger partial charge in [0.15, 0.2) is 16.3 Å². The topological polar surface area (TPSA) is 105 Å². The third kappa shape index (κ3) is 6.42. The lowest BCUT2D eigenvalue weighted by Gasteiger charge is -2.23. The van der Waals surface area contributed by atoms with Gasteiger partial charge in [0.2, 0.25) is 0 Å². The predicted molar refractivity (Wildman–Crippen MR) is 172 cm³/mol. The Morgan fingerprint density at radius 2 is 1.80 bits per heavy atom. The number of allylic oxidation sites excluding steroid dienone is 1. The molecule has 228 valence electrons. The molecule has 2 aromatic heterocycles. The van der Waals surface area contributed by atoms with Crippen molar-refractivity contribution in [1.29, 1.82) is 0 Å². The second kappa shape index (κ2) is 13.7. The molecule has 0 N–H and O–H groups in total. The number of rotatable bonds is 10. The van der Waals surface area contributed by atoms with Crippen molar-refractivity contribution in [1.82, 2.24) is 4.57 Å². The summed E-state index contributed by atoms with van der Waals surface area (Å²) in [6.07, 6.45) is 1.77. The number of nitrogens with zero attached hydrogens (tertiary/aromatic N) is 2. The maximum atomic E-state index is 13.8. The fraction of sp³-hybridized carbons (Fsp3) is 0.250. The van der Waals surface area contributed by atoms with Crippen LogP contribution in [0.4, 0.5) is 0 Å². The van der Waals surface area contributed by atoms with E-state index in [1.165, 1.54) is 22.7 Å². The average molecular weight is 698 g/mol. The number of esters is 2. The number of benzene rings is 2. The van der Waals surface area contributed by atoms with Gasteiger partial charge in [-0.25, -0.2) is 14.6 Å². The van der Waals surface area contributed by atoms with E-state index >= 15 is 0 Å². The molecule has 1 aliphatic rings. The molecule has 0 saturated carbocycles. The van der Waals surface area contributed by atoms with Crippen LogP contribution in [-0.4, -0.2) is 36.8 Å². The smallest absolute Gasteiger partial charge is 0.338 e. The minimum atomic E-state index is -0.629. The number of carbonyl (C=O) groups excluding carboxylic acids is 2. The Labute approximate surface area is 269 Å². The van der Waals surface area contributed by atoms with Gasteiger partial charge in [0.05, 0.1) is 46.2 Å². The summed E-state index contributed by atoms with van der Waals surface area (Å²) < 4.78 is 24.7. The van der Waals surface area contributed by atoms with Crippen molar-refractivity contribution in [3.8, 4) is 11.5 Å². The second-order valence-corrected chi connectivity index (χ2v) is 12.4. The van der Waals surface area contributed by atoms with E-state index in [1.54, 1.807) is 68.9 Å². The zero-order chi connectivity index (χ0) is 31.4. The highest BCUT2D eigenvalue weighted by atomic mass is 79.9. The van der Waals surface area contributed by atoms with Gasteiger partial charge >= 0.3 is 11.9 Å². The molecular weight excluding hydrogens is 668 g/mol. The van der Waals surface area contributed by atoms with E-state index in [0.717, 1.165) is 10.4 Å². The van der Waals surface area contributed by atoms with E-state index in [4.69, 9.17) is 18.9 Å². The fourth-order valence-corrected chi connectivity index (χ4v) is 7.17. The molecular formula is C32H29BrN2O7S2.